The summed E-state index contributed by atoms with van der Waals surface area (Å²) in [7, 11) is 0. The lowest BCUT2D eigenvalue weighted by Crippen LogP contribution is -2.56. The van der Waals surface area contributed by atoms with Crippen molar-refractivity contribution >= 4 is 46.6 Å². The van der Waals surface area contributed by atoms with Crippen LogP contribution < -0.4 is 15.4 Å². The number of piperazine rings is 1. The summed E-state index contributed by atoms with van der Waals surface area (Å²) in [5.74, 6) is -1.34. The number of fused-ring (bicyclic) bond motifs is 1. The van der Waals surface area contributed by atoms with Crippen LogP contribution in [0.25, 0.3) is 10.9 Å². The number of hydrogen-bond donors (Lipinski definition) is 2. The zero-order valence-corrected chi connectivity index (χ0v) is 32.3. The van der Waals surface area contributed by atoms with E-state index in [2.05, 4.69) is 15.6 Å². The largest absolute Gasteiger partial charge is 0.480 e. The second kappa shape index (κ2) is 17.5. The summed E-state index contributed by atoms with van der Waals surface area (Å²) in [5.41, 5.74) is 0.543. The highest BCUT2D eigenvalue weighted by molar-refractivity contribution is 6.00. The van der Waals surface area contributed by atoms with Crippen LogP contribution in [-0.4, -0.2) is 125 Å². The van der Waals surface area contributed by atoms with Gasteiger partial charge in [-0.25, -0.2) is 9.78 Å². The van der Waals surface area contributed by atoms with Crippen LogP contribution in [0.5, 0.6) is 5.75 Å². The first kappa shape index (κ1) is 40.2. The highest BCUT2D eigenvalue weighted by atomic mass is 16.6. The Hall–Kier alpha value is -4.95. The van der Waals surface area contributed by atoms with Crippen molar-refractivity contribution in [2.24, 2.45) is 5.92 Å². The van der Waals surface area contributed by atoms with Crippen molar-refractivity contribution in [3.8, 4) is 5.75 Å². The third-order valence-corrected chi connectivity index (χ3v) is 9.69. The van der Waals surface area contributed by atoms with Crippen molar-refractivity contribution in [3.05, 3.63) is 35.5 Å². The maximum absolute atomic E-state index is 14.0. The maximum Gasteiger partial charge on any atom is 0.409 e. The zero-order valence-electron chi connectivity index (χ0n) is 32.3. The average molecular weight is 751 g/mol. The molecule has 2 saturated heterocycles. The molecule has 294 valence electrons. The molecule has 2 aliphatic heterocycles. The Kier molecular flexibility index (Phi) is 13.0. The van der Waals surface area contributed by atoms with Gasteiger partial charge in [0.25, 0.3) is 11.8 Å². The van der Waals surface area contributed by atoms with Crippen LogP contribution in [0.1, 0.15) is 89.2 Å². The predicted molar refractivity (Wildman–Crippen MR) is 199 cm³/mol. The van der Waals surface area contributed by atoms with E-state index in [1.54, 1.807) is 56.6 Å². The SMILES string of the molecule is CCOC(=O)N1CCN(C(=O)[C@H](CCC(=O)OC(C)(C)C)NC(=O)c2cc(O[C@H](C)C(=O)N3CCC[C@H]3C(=O)NCC3CC3)c3ccc(C)cc3n2)CC1. The molecule has 15 heteroatoms. The van der Waals surface area contributed by atoms with E-state index in [1.165, 1.54) is 11.0 Å². The molecule has 1 aromatic carbocycles. The lowest BCUT2D eigenvalue weighted by Gasteiger charge is -2.36. The van der Waals surface area contributed by atoms with Crippen LogP contribution in [0.15, 0.2) is 24.3 Å². The van der Waals surface area contributed by atoms with Crippen LogP contribution in [0, 0.1) is 12.8 Å². The molecule has 2 aromatic rings. The van der Waals surface area contributed by atoms with Gasteiger partial charge in [-0.15, -0.1) is 0 Å². The van der Waals surface area contributed by atoms with Gasteiger partial charge >= 0.3 is 12.1 Å². The van der Waals surface area contributed by atoms with Gasteiger partial charge in [0.1, 0.15) is 29.1 Å². The van der Waals surface area contributed by atoms with E-state index in [0.717, 1.165) is 18.4 Å². The summed E-state index contributed by atoms with van der Waals surface area (Å²) in [4.78, 5) is 88.7. The van der Waals surface area contributed by atoms with E-state index in [9.17, 15) is 28.8 Å². The van der Waals surface area contributed by atoms with Gasteiger partial charge in [-0.1, -0.05) is 6.07 Å². The number of aromatic nitrogens is 1. The second-order valence-corrected chi connectivity index (χ2v) is 15.3. The van der Waals surface area contributed by atoms with Crippen LogP contribution in [0.3, 0.4) is 0 Å². The molecule has 5 rings (SSSR count). The fourth-order valence-electron chi connectivity index (χ4n) is 6.67. The standard InChI is InChI=1S/C39H54N6O9/c1-7-52-38(51)44-19-17-43(18-20-44)37(50)28(14-15-33(46)54-39(4,5)6)42-34(47)30-22-32(27-13-10-24(2)21-29(27)41-30)53-25(3)36(49)45-16-8-9-31(45)35(48)40-23-26-11-12-26/h10,13,21-22,25-26,28,31H,7-9,11-12,14-20,23H2,1-6H3,(H,40,48)(H,42,47)/t25-,28+,31+/m1/s1. The molecule has 3 heterocycles. The molecule has 15 nitrogen and oxygen atoms in total. The monoisotopic (exact) mass is 750 g/mol. The van der Waals surface area contributed by atoms with Crippen LogP contribution in [0.4, 0.5) is 4.79 Å². The Morgan fingerprint density at radius 1 is 0.944 bits per heavy atom. The second-order valence-electron chi connectivity index (χ2n) is 15.3. The number of carbonyl (C=O) groups excluding carboxylic acids is 6. The van der Waals surface area contributed by atoms with Crippen molar-refractivity contribution in [2.45, 2.75) is 104 Å². The Morgan fingerprint density at radius 3 is 2.31 bits per heavy atom. The number of esters is 1. The number of ether oxygens (including phenoxy) is 3. The molecule has 54 heavy (non-hydrogen) atoms. The van der Waals surface area contributed by atoms with E-state index < -0.39 is 47.7 Å². The van der Waals surface area contributed by atoms with Gasteiger partial charge in [0, 0.05) is 57.1 Å². The first-order valence-corrected chi connectivity index (χ1v) is 19.0. The first-order chi connectivity index (χ1) is 25.6. The molecule has 0 radical (unpaired) electrons. The minimum atomic E-state index is -1.11. The molecular weight excluding hydrogens is 696 g/mol. The van der Waals surface area contributed by atoms with E-state index in [-0.39, 0.29) is 68.9 Å². The van der Waals surface area contributed by atoms with E-state index in [4.69, 9.17) is 14.2 Å². The minimum absolute atomic E-state index is 0.0373. The normalized spacial score (nSPS) is 18.5. The average Bonchev–Trinajstić information content (AvgIpc) is 3.83. The highest BCUT2D eigenvalue weighted by Gasteiger charge is 2.38. The highest BCUT2D eigenvalue weighted by Crippen LogP contribution is 2.30. The van der Waals surface area contributed by atoms with E-state index in [1.807, 2.05) is 13.0 Å². The Morgan fingerprint density at radius 2 is 1.65 bits per heavy atom. The molecule has 1 saturated carbocycles. The Balaban J connectivity index is 1.34. The van der Waals surface area contributed by atoms with Gasteiger partial charge in [-0.05, 0) is 97.3 Å². The first-order valence-electron chi connectivity index (χ1n) is 19.0. The fourth-order valence-corrected chi connectivity index (χ4v) is 6.67. The Bertz CT molecular complexity index is 1730. The zero-order chi connectivity index (χ0) is 39.2. The molecule has 0 unspecified atom stereocenters. The summed E-state index contributed by atoms with van der Waals surface area (Å²) in [5, 5.41) is 6.36. The lowest BCUT2D eigenvalue weighted by molar-refractivity contribution is -0.155. The molecule has 1 aliphatic carbocycles. The summed E-state index contributed by atoms with van der Waals surface area (Å²) in [6.45, 7) is 12.7. The minimum Gasteiger partial charge on any atom is -0.480 e. The third-order valence-electron chi connectivity index (χ3n) is 9.69. The van der Waals surface area contributed by atoms with Gasteiger partial charge in [-0.3, -0.25) is 24.0 Å². The smallest absolute Gasteiger partial charge is 0.409 e. The number of likely N-dealkylation sites (tertiary alicyclic amines) is 1. The summed E-state index contributed by atoms with van der Waals surface area (Å²) in [6, 6.07) is 5.23. The molecule has 0 bridgehead atoms. The van der Waals surface area contributed by atoms with Gasteiger partial charge < -0.3 is 39.5 Å². The van der Waals surface area contributed by atoms with Crippen molar-refractivity contribution in [1.82, 2.24) is 30.3 Å². The molecule has 1 aromatic heterocycles. The van der Waals surface area contributed by atoms with Crippen LogP contribution in [0.2, 0.25) is 0 Å². The number of rotatable bonds is 13. The number of amides is 5. The lowest BCUT2D eigenvalue weighted by atomic mass is 10.1. The number of pyridine rings is 1. The summed E-state index contributed by atoms with van der Waals surface area (Å²) < 4.78 is 16.8. The van der Waals surface area contributed by atoms with Crippen molar-refractivity contribution < 1.29 is 43.0 Å². The number of nitrogens with zero attached hydrogens (tertiary/aromatic N) is 4. The number of hydrogen-bond acceptors (Lipinski definition) is 10. The molecule has 2 N–H and O–H groups in total. The van der Waals surface area contributed by atoms with Gasteiger partial charge in [0.05, 0.1) is 12.1 Å². The van der Waals surface area contributed by atoms with Crippen molar-refractivity contribution in [1.29, 1.82) is 0 Å². The van der Waals surface area contributed by atoms with Crippen molar-refractivity contribution in [2.75, 3.05) is 45.9 Å². The van der Waals surface area contributed by atoms with Gasteiger partial charge in [0.2, 0.25) is 11.8 Å². The molecular formula is C39H54N6O9. The summed E-state index contributed by atoms with van der Waals surface area (Å²) >= 11 is 0. The van der Waals surface area contributed by atoms with Crippen LogP contribution in [-0.2, 0) is 28.7 Å². The molecule has 5 amide bonds. The quantitative estimate of drug-likeness (QED) is 0.289. The van der Waals surface area contributed by atoms with E-state index >= 15 is 0 Å². The third kappa shape index (κ3) is 10.6. The number of nitrogens with one attached hydrogen (secondary N) is 2. The van der Waals surface area contributed by atoms with Crippen molar-refractivity contribution in [3.63, 3.8) is 0 Å². The summed E-state index contributed by atoms with van der Waals surface area (Å²) in [6.07, 6.45) is 1.88. The predicted octanol–water partition coefficient (Wildman–Crippen LogP) is 3.35. The molecule has 3 atom stereocenters. The molecule has 0 spiro atoms. The Labute approximate surface area is 316 Å². The fraction of sp³-hybridized carbons (Fsp3) is 0.615. The molecule has 3 fully saturated rings. The van der Waals surface area contributed by atoms with Gasteiger partial charge in [-0.2, -0.15) is 0 Å². The van der Waals surface area contributed by atoms with Gasteiger partial charge in [0.15, 0.2) is 6.10 Å². The number of carbonyl (C=O) groups is 6. The number of benzene rings is 1. The number of aryl methyl sites for hydroxylation is 1. The van der Waals surface area contributed by atoms with E-state index in [0.29, 0.717) is 42.8 Å². The topological polar surface area (TPSA) is 177 Å². The van der Waals surface area contributed by atoms with Crippen LogP contribution >= 0.6 is 0 Å². The molecule has 3 aliphatic rings. The maximum atomic E-state index is 14.0.